The van der Waals surface area contributed by atoms with Gasteiger partial charge in [-0.05, 0) is 32.1 Å². The number of ether oxygens (including phenoxy) is 2. The van der Waals surface area contributed by atoms with E-state index < -0.39 is 0 Å². The lowest BCUT2D eigenvalue weighted by Gasteiger charge is -2.35. The van der Waals surface area contributed by atoms with Crippen molar-refractivity contribution >= 4 is 5.96 Å². The molecule has 2 fully saturated rings. The lowest BCUT2D eigenvalue weighted by molar-refractivity contribution is -0.0721. The molecule has 2 aliphatic heterocycles. The lowest BCUT2D eigenvalue weighted by Crippen LogP contribution is -2.47. The molecule has 7 nitrogen and oxygen atoms in total. The fraction of sp³-hybridized carbons (Fsp3) is 0.778. The first-order valence-electron chi connectivity index (χ1n) is 9.41. The van der Waals surface area contributed by atoms with Crippen LogP contribution in [-0.4, -0.2) is 66.0 Å². The van der Waals surface area contributed by atoms with Crippen molar-refractivity contribution in [3.05, 3.63) is 18.2 Å². The van der Waals surface area contributed by atoms with Gasteiger partial charge >= 0.3 is 0 Å². The Balaban J connectivity index is 1.38. The second-order valence-corrected chi connectivity index (χ2v) is 6.86. The van der Waals surface area contributed by atoms with Crippen LogP contribution >= 0.6 is 0 Å². The maximum atomic E-state index is 6.09. The van der Waals surface area contributed by atoms with E-state index in [9.17, 15) is 0 Å². The summed E-state index contributed by atoms with van der Waals surface area (Å²) >= 11 is 0. The van der Waals surface area contributed by atoms with Crippen LogP contribution in [-0.2, 0) is 23.1 Å². The maximum absolute atomic E-state index is 6.09. The van der Waals surface area contributed by atoms with Crippen LogP contribution in [0.25, 0.3) is 0 Å². The number of aliphatic imine (C=N–C) groups is 1. The summed E-state index contributed by atoms with van der Waals surface area (Å²) in [6.45, 7) is 4.26. The number of likely N-dealkylation sites (tertiary alicyclic amines) is 1. The molecule has 140 valence electrons. The largest absolute Gasteiger partial charge is 0.376 e. The van der Waals surface area contributed by atoms with E-state index in [1.165, 1.54) is 12.8 Å². The molecule has 0 spiro atoms. The molecule has 1 aromatic heterocycles. The number of aryl methyl sites for hydroxylation is 1. The van der Waals surface area contributed by atoms with Crippen LogP contribution in [0.5, 0.6) is 0 Å². The minimum absolute atomic E-state index is 0.305. The van der Waals surface area contributed by atoms with Crippen LogP contribution in [0.15, 0.2) is 17.4 Å². The van der Waals surface area contributed by atoms with Crippen molar-refractivity contribution in [1.82, 2.24) is 19.8 Å². The van der Waals surface area contributed by atoms with Gasteiger partial charge in [-0.15, -0.1) is 0 Å². The summed E-state index contributed by atoms with van der Waals surface area (Å²) in [5.74, 6) is 1.95. The van der Waals surface area contributed by atoms with E-state index in [2.05, 4.69) is 20.2 Å². The second kappa shape index (κ2) is 9.20. The number of guanidine groups is 1. The summed E-state index contributed by atoms with van der Waals surface area (Å²) in [7, 11) is 3.84. The molecule has 1 N–H and O–H groups in total. The molecule has 3 heterocycles. The fourth-order valence-corrected chi connectivity index (χ4v) is 3.47. The smallest absolute Gasteiger partial charge is 0.194 e. The molecule has 1 atom stereocenters. The van der Waals surface area contributed by atoms with Crippen molar-refractivity contribution in [3.63, 3.8) is 0 Å². The molecule has 7 heteroatoms. The molecule has 0 aromatic carbocycles. The zero-order valence-electron chi connectivity index (χ0n) is 15.5. The molecule has 3 rings (SSSR count). The highest BCUT2D eigenvalue weighted by Crippen LogP contribution is 2.18. The Morgan fingerprint density at radius 2 is 2.20 bits per heavy atom. The Kier molecular flexibility index (Phi) is 6.69. The van der Waals surface area contributed by atoms with Crippen molar-refractivity contribution in [2.45, 2.75) is 50.9 Å². The summed E-state index contributed by atoms with van der Waals surface area (Å²) in [5, 5.41) is 3.41. The topological polar surface area (TPSA) is 63.9 Å². The molecule has 25 heavy (non-hydrogen) atoms. The number of aromatic nitrogens is 2. The van der Waals surface area contributed by atoms with Crippen LogP contribution in [0.3, 0.4) is 0 Å². The van der Waals surface area contributed by atoms with Gasteiger partial charge in [0.2, 0.25) is 0 Å². The van der Waals surface area contributed by atoms with E-state index in [1.807, 2.05) is 31.1 Å². The van der Waals surface area contributed by atoms with Gasteiger partial charge in [0.15, 0.2) is 5.96 Å². The number of hydrogen-bond donors (Lipinski definition) is 1. The van der Waals surface area contributed by atoms with Crippen molar-refractivity contribution in [2.24, 2.45) is 12.0 Å². The monoisotopic (exact) mass is 349 g/mol. The van der Waals surface area contributed by atoms with Gasteiger partial charge in [0.1, 0.15) is 5.82 Å². The zero-order valence-corrected chi connectivity index (χ0v) is 15.5. The Morgan fingerprint density at radius 3 is 2.84 bits per heavy atom. The first-order valence-corrected chi connectivity index (χ1v) is 9.41. The van der Waals surface area contributed by atoms with E-state index in [1.54, 1.807) is 0 Å². The van der Waals surface area contributed by atoms with E-state index >= 15 is 0 Å². The Labute approximate surface area is 150 Å². The summed E-state index contributed by atoms with van der Waals surface area (Å²) in [4.78, 5) is 11.1. The molecule has 2 saturated heterocycles. The number of nitrogens with one attached hydrogen (secondary N) is 1. The highest BCUT2D eigenvalue weighted by Gasteiger charge is 2.23. The van der Waals surface area contributed by atoms with Gasteiger partial charge in [0, 0.05) is 46.2 Å². The molecule has 0 amide bonds. The van der Waals surface area contributed by atoms with Crippen LogP contribution in [0.1, 0.15) is 37.9 Å². The highest BCUT2D eigenvalue weighted by molar-refractivity contribution is 5.79. The van der Waals surface area contributed by atoms with Crippen LogP contribution in [0.2, 0.25) is 0 Å². The van der Waals surface area contributed by atoms with Gasteiger partial charge < -0.3 is 24.3 Å². The van der Waals surface area contributed by atoms with E-state index in [0.29, 0.717) is 18.8 Å². The summed E-state index contributed by atoms with van der Waals surface area (Å²) < 4.78 is 13.9. The molecule has 0 radical (unpaired) electrons. The number of piperidine rings is 1. The normalized spacial score (nSPS) is 23.0. The van der Waals surface area contributed by atoms with Crippen LogP contribution in [0, 0.1) is 0 Å². The minimum Gasteiger partial charge on any atom is -0.376 e. The number of nitrogens with zero attached hydrogens (tertiary/aromatic N) is 4. The number of hydrogen-bond acceptors (Lipinski definition) is 4. The molecule has 1 unspecified atom stereocenters. The quantitative estimate of drug-likeness (QED) is 0.645. The lowest BCUT2D eigenvalue weighted by atomic mass is 10.1. The SMILES string of the molecule is CN=C(NCc1nccn1C)N1CCC(OCC2CCCCO2)CC1. The molecule has 1 aromatic rings. The van der Waals surface area contributed by atoms with Gasteiger partial charge in [-0.3, -0.25) is 4.99 Å². The summed E-state index contributed by atoms with van der Waals surface area (Å²) in [6.07, 6.45) is 10.1. The predicted octanol–water partition coefficient (Wildman–Crippen LogP) is 1.55. The van der Waals surface area contributed by atoms with Crippen LogP contribution < -0.4 is 5.32 Å². The first-order chi connectivity index (χ1) is 12.3. The van der Waals surface area contributed by atoms with Crippen molar-refractivity contribution in [3.8, 4) is 0 Å². The maximum Gasteiger partial charge on any atom is 0.194 e. The number of rotatable bonds is 5. The van der Waals surface area contributed by atoms with Crippen molar-refractivity contribution in [2.75, 3.05) is 33.4 Å². The zero-order chi connectivity index (χ0) is 17.5. The van der Waals surface area contributed by atoms with Crippen molar-refractivity contribution < 1.29 is 9.47 Å². The predicted molar refractivity (Wildman–Crippen MR) is 97.5 cm³/mol. The number of imidazole rings is 1. The highest BCUT2D eigenvalue weighted by atomic mass is 16.5. The third-order valence-corrected chi connectivity index (χ3v) is 5.07. The molecular formula is C18H31N5O2. The Hall–Kier alpha value is -1.60. The van der Waals surface area contributed by atoms with E-state index in [-0.39, 0.29) is 0 Å². The third kappa shape index (κ3) is 5.19. The average Bonchev–Trinajstić information content (AvgIpc) is 3.07. The van der Waals surface area contributed by atoms with Gasteiger partial charge in [-0.25, -0.2) is 4.98 Å². The van der Waals surface area contributed by atoms with Gasteiger partial charge in [0.05, 0.1) is 25.4 Å². The molecule has 0 aliphatic carbocycles. The molecule has 2 aliphatic rings. The molecular weight excluding hydrogens is 318 g/mol. The summed E-state index contributed by atoms with van der Waals surface area (Å²) in [6, 6.07) is 0. The van der Waals surface area contributed by atoms with Gasteiger partial charge in [0.25, 0.3) is 0 Å². The first kappa shape index (κ1) is 18.2. The molecule has 0 saturated carbocycles. The minimum atomic E-state index is 0.305. The van der Waals surface area contributed by atoms with E-state index in [0.717, 1.165) is 57.3 Å². The Morgan fingerprint density at radius 1 is 1.36 bits per heavy atom. The van der Waals surface area contributed by atoms with Crippen molar-refractivity contribution in [1.29, 1.82) is 0 Å². The Bertz CT molecular complexity index is 545. The summed E-state index contributed by atoms with van der Waals surface area (Å²) in [5.41, 5.74) is 0. The molecule has 0 bridgehead atoms. The third-order valence-electron chi connectivity index (χ3n) is 5.07. The van der Waals surface area contributed by atoms with Gasteiger partial charge in [-0.1, -0.05) is 0 Å². The van der Waals surface area contributed by atoms with Gasteiger partial charge in [-0.2, -0.15) is 0 Å². The van der Waals surface area contributed by atoms with E-state index in [4.69, 9.17) is 9.47 Å². The fourth-order valence-electron chi connectivity index (χ4n) is 3.47. The average molecular weight is 349 g/mol. The second-order valence-electron chi connectivity index (χ2n) is 6.86. The standard InChI is InChI=1S/C18H31N5O2/c1-19-18(21-13-17-20-8-11-22(17)2)23-9-6-15(7-10-23)25-14-16-5-3-4-12-24-16/h8,11,15-16H,3-7,9-10,12-14H2,1-2H3,(H,19,21). The van der Waals surface area contributed by atoms with Crippen LogP contribution in [0.4, 0.5) is 0 Å².